The van der Waals surface area contributed by atoms with Gasteiger partial charge in [0.25, 0.3) is 5.91 Å². The summed E-state index contributed by atoms with van der Waals surface area (Å²) in [4.78, 5) is 31.7. The first-order chi connectivity index (χ1) is 16.0. The SMILES string of the molecule is CC[C@]1(C2CCN(Cc3sccc3C)CC2)NC(=O)N(C[C@@H]2COc3ccccc3O2)C1=O. The Morgan fingerprint density at radius 3 is 2.61 bits per heavy atom. The molecule has 4 heterocycles. The van der Waals surface area contributed by atoms with Crippen molar-refractivity contribution in [2.75, 3.05) is 26.2 Å². The summed E-state index contributed by atoms with van der Waals surface area (Å²) in [5, 5.41) is 5.23. The van der Waals surface area contributed by atoms with Crippen LogP contribution < -0.4 is 14.8 Å². The van der Waals surface area contributed by atoms with E-state index in [1.165, 1.54) is 15.3 Å². The van der Waals surface area contributed by atoms with Crippen LogP contribution in [0, 0.1) is 12.8 Å². The van der Waals surface area contributed by atoms with Crippen molar-refractivity contribution in [3.63, 3.8) is 0 Å². The molecule has 0 spiro atoms. The van der Waals surface area contributed by atoms with Crippen molar-refractivity contribution in [1.29, 1.82) is 0 Å². The number of aryl methyl sites for hydroxylation is 1. The molecule has 3 aliphatic rings. The highest BCUT2D eigenvalue weighted by molar-refractivity contribution is 7.10. The number of thiophene rings is 1. The van der Waals surface area contributed by atoms with Crippen molar-refractivity contribution in [1.82, 2.24) is 15.1 Å². The van der Waals surface area contributed by atoms with E-state index in [4.69, 9.17) is 9.47 Å². The molecule has 0 saturated carbocycles. The molecule has 0 aliphatic carbocycles. The maximum Gasteiger partial charge on any atom is 0.325 e. The molecule has 33 heavy (non-hydrogen) atoms. The zero-order chi connectivity index (χ0) is 23.0. The number of imide groups is 1. The van der Waals surface area contributed by atoms with E-state index in [0.717, 1.165) is 32.5 Å². The number of nitrogens with one attached hydrogen (secondary N) is 1. The fraction of sp³-hybridized carbons (Fsp3) is 0.520. The molecular weight excluding hydrogens is 438 g/mol. The highest BCUT2D eigenvalue weighted by atomic mass is 32.1. The van der Waals surface area contributed by atoms with Crippen LogP contribution in [0.5, 0.6) is 11.5 Å². The molecular formula is C25H31N3O4S. The Morgan fingerprint density at radius 2 is 1.91 bits per heavy atom. The third-order valence-corrected chi connectivity index (χ3v) is 8.34. The third kappa shape index (κ3) is 4.10. The van der Waals surface area contributed by atoms with Gasteiger partial charge < -0.3 is 14.8 Å². The second kappa shape index (κ2) is 8.99. The van der Waals surface area contributed by atoms with E-state index >= 15 is 0 Å². The molecule has 0 radical (unpaired) electrons. The molecule has 1 aromatic carbocycles. The van der Waals surface area contributed by atoms with E-state index < -0.39 is 5.54 Å². The van der Waals surface area contributed by atoms with Gasteiger partial charge in [-0.2, -0.15) is 0 Å². The van der Waals surface area contributed by atoms with Gasteiger partial charge in [0.1, 0.15) is 12.1 Å². The molecule has 7 nitrogen and oxygen atoms in total. The smallest absolute Gasteiger partial charge is 0.325 e. The molecule has 176 valence electrons. The quantitative estimate of drug-likeness (QED) is 0.652. The Balaban J connectivity index is 1.23. The predicted octanol–water partition coefficient (Wildman–Crippen LogP) is 3.81. The summed E-state index contributed by atoms with van der Waals surface area (Å²) in [6.07, 6.45) is 2.01. The van der Waals surface area contributed by atoms with Gasteiger partial charge in [-0.3, -0.25) is 14.6 Å². The van der Waals surface area contributed by atoms with Crippen LogP contribution in [0.4, 0.5) is 4.79 Å². The van der Waals surface area contributed by atoms with Crippen LogP contribution in [0.15, 0.2) is 35.7 Å². The first kappa shape index (κ1) is 22.2. The van der Waals surface area contributed by atoms with Gasteiger partial charge in [-0.05, 0) is 74.3 Å². The van der Waals surface area contributed by atoms with Gasteiger partial charge in [0, 0.05) is 11.4 Å². The van der Waals surface area contributed by atoms with Crippen LogP contribution in [-0.2, 0) is 11.3 Å². The number of carbonyl (C=O) groups excluding carboxylic acids is 2. The number of ether oxygens (including phenoxy) is 2. The van der Waals surface area contributed by atoms with Crippen molar-refractivity contribution >= 4 is 23.3 Å². The van der Waals surface area contributed by atoms with Crippen LogP contribution >= 0.6 is 11.3 Å². The monoisotopic (exact) mass is 469 g/mol. The second-order valence-electron chi connectivity index (χ2n) is 9.25. The minimum atomic E-state index is -0.824. The standard InChI is InChI=1S/C25H31N3O4S/c1-3-25(18-8-11-27(12-9-18)15-22-17(2)10-13-33-22)23(29)28(24(30)26-25)14-19-16-31-20-6-4-5-7-21(20)32-19/h4-7,10,13,18-19H,3,8-9,11-12,14-16H2,1-2H3,(H,26,30)/t19-,25-/m1/s1. The highest BCUT2D eigenvalue weighted by Gasteiger charge is 2.55. The van der Waals surface area contributed by atoms with Crippen molar-refractivity contribution in [2.24, 2.45) is 5.92 Å². The van der Waals surface area contributed by atoms with Gasteiger partial charge in [-0.1, -0.05) is 19.1 Å². The van der Waals surface area contributed by atoms with Gasteiger partial charge in [0.2, 0.25) is 0 Å². The summed E-state index contributed by atoms with van der Waals surface area (Å²) in [5.74, 6) is 1.35. The summed E-state index contributed by atoms with van der Waals surface area (Å²) < 4.78 is 11.8. The number of piperidine rings is 1. The molecule has 1 N–H and O–H groups in total. The van der Waals surface area contributed by atoms with Gasteiger partial charge in [0.15, 0.2) is 17.6 Å². The summed E-state index contributed by atoms with van der Waals surface area (Å²) in [6, 6.07) is 9.32. The molecule has 2 aromatic rings. The Hall–Kier alpha value is -2.58. The number of hydrogen-bond acceptors (Lipinski definition) is 6. The number of nitrogens with zero attached hydrogens (tertiary/aromatic N) is 2. The molecule has 2 atom stereocenters. The maximum absolute atomic E-state index is 13.6. The molecule has 3 aliphatic heterocycles. The van der Waals surface area contributed by atoms with Crippen LogP contribution in [0.3, 0.4) is 0 Å². The first-order valence-corrected chi connectivity index (χ1v) is 12.7. The van der Waals surface area contributed by atoms with E-state index in [2.05, 4.69) is 28.6 Å². The molecule has 2 fully saturated rings. The topological polar surface area (TPSA) is 71.1 Å². The lowest BCUT2D eigenvalue weighted by Gasteiger charge is -2.40. The number of hydrogen-bond donors (Lipinski definition) is 1. The van der Waals surface area contributed by atoms with Crippen molar-refractivity contribution in [3.8, 4) is 11.5 Å². The Bertz CT molecular complexity index is 1030. The van der Waals surface area contributed by atoms with Gasteiger partial charge in [-0.15, -0.1) is 11.3 Å². The molecule has 0 unspecified atom stereocenters. The summed E-state index contributed by atoms with van der Waals surface area (Å²) >= 11 is 1.80. The number of likely N-dealkylation sites (tertiary alicyclic amines) is 1. The largest absolute Gasteiger partial charge is 0.486 e. The van der Waals surface area contributed by atoms with Crippen molar-refractivity contribution in [2.45, 2.75) is 51.3 Å². The number of carbonyl (C=O) groups is 2. The van der Waals surface area contributed by atoms with E-state index in [1.807, 2.05) is 31.2 Å². The van der Waals surface area contributed by atoms with Crippen LogP contribution in [0.25, 0.3) is 0 Å². The Morgan fingerprint density at radius 1 is 1.15 bits per heavy atom. The molecule has 2 saturated heterocycles. The Labute approximate surface area is 198 Å². The highest BCUT2D eigenvalue weighted by Crippen LogP contribution is 2.37. The maximum atomic E-state index is 13.6. The number of para-hydroxylation sites is 2. The second-order valence-corrected chi connectivity index (χ2v) is 10.2. The average molecular weight is 470 g/mol. The number of urea groups is 1. The number of benzene rings is 1. The lowest BCUT2D eigenvalue weighted by Crippen LogP contribution is -2.56. The minimum Gasteiger partial charge on any atom is -0.486 e. The zero-order valence-corrected chi connectivity index (χ0v) is 20.0. The van der Waals surface area contributed by atoms with Crippen LogP contribution in [0.1, 0.15) is 36.6 Å². The number of amides is 3. The number of rotatable bonds is 6. The van der Waals surface area contributed by atoms with E-state index in [-0.39, 0.29) is 30.5 Å². The van der Waals surface area contributed by atoms with Gasteiger partial charge in [0.05, 0.1) is 6.54 Å². The van der Waals surface area contributed by atoms with E-state index in [1.54, 1.807) is 11.3 Å². The Kier molecular flexibility index (Phi) is 6.05. The fourth-order valence-corrected chi connectivity index (χ4v) is 6.27. The van der Waals surface area contributed by atoms with E-state index in [0.29, 0.717) is 24.5 Å². The summed E-state index contributed by atoms with van der Waals surface area (Å²) in [5.41, 5.74) is 0.521. The lowest BCUT2D eigenvalue weighted by molar-refractivity contribution is -0.135. The first-order valence-electron chi connectivity index (χ1n) is 11.8. The fourth-order valence-electron chi connectivity index (χ4n) is 5.33. The van der Waals surface area contributed by atoms with Crippen molar-refractivity contribution in [3.05, 3.63) is 46.2 Å². The van der Waals surface area contributed by atoms with Gasteiger partial charge in [-0.25, -0.2) is 4.79 Å². The lowest BCUT2D eigenvalue weighted by atomic mass is 9.75. The van der Waals surface area contributed by atoms with E-state index in [9.17, 15) is 9.59 Å². The normalized spacial score (nSPS) is 26.0. The molecule has 1 aromatic heterocycles. The molecule has 8 heteroatoms. The molecule has 3 amide bonds. The zero-order valence-electron chi connectivity index (χ0n) is 19.2. The predicted molar refractivity (Wildman–Crippen MR) is 127 cm³/mol. The number of fused-ring (bicyclic) bond motifs is 1. The molecule has 5 rings (SSSR count). The summed E-state index contributed by atoms with van der Waals surface area (Å²) in [6.45, 7) is 7.49. The van der Waals surface area contributed by atoms with Crippen LogP contribution in [0.2, 0.25) is 0 Å². The van der Waals surface area contributed by atoms with Crippen LogP contribution in [-0.4, -0.2) is 59.6 Å². The minimum absolute atomic E-state index is 0.120. The summed E-state index contributed by atoms with van der Waals surface area (Å²) in [7, 11) is 0. The van der Waals surface area contributed by atoms with Crippen molar-refractivity contribution < 1.29 is 19.1 Å². The average Bonchev–Trinajstić information content (AvgIpc) is 3.35. The van der Waals surface area contributed by atoms with Gasteiger partial charge >= 0.3 is 6.03 Å². The molecule has 0 bridgehead atoms. The third-order valence-electron chi connectivity index (χ3n) is 7.33.